The Labute approximate surface area is 307 Å². The number of nitrogens with one attached hydrogen (secondary N) is 4. The minimum absolute atomic E-state index is 0.127. The lowest BCUT2D eigenvalue weighted by Crippen LogP contribution is -2.52. The minimum Gasteiger partial charge on any atom is -0.399 e. The maximum absolute atomic E-state index is 6.23. The van der Waals surface area contributed by atoms with Gasteiger partial charge < -0.3 is 44.2 Å². The molecular weight excluding hydrogens is 641 g/mol. The van der Waals surface area contributed by atoms with Gasteiger partial charge >= 0.3 is 0 Å². The normalized spacial score (nSPS) is 35.2. The average Bonchev–Trinajstić information content (AvgIpc) is 3.99. The molecule has 10 atom stereocenters. The van der Waals surface area contributed by atoms with Gasteiger partial charge in [0.15, 0.2) is 0 Å². The highest BCUT2D eigenvalue weighted by Crippen LogP contribution is 2.44. The first kappa shape index (κ1) is 33.3. The van der Waals surface area contributed by atoms with Crippen molar-refractivity contribution in [1.29, 1.82) is 0 Å². The SMILES string of the molecule is Nc1ccc(C2C3C=CC(N3)C(c3ccc(N)cc3)C3CCC(N3)C(c3ccc(N)cc3)C3CCC(N3)C(c3ccc(N)cc3)C3C=CC2N3)cc1. The minimum atomic E-state index is 0.127. The number of anilines is 4. The number of hydrogen-bond acceptors (Lipinski definition) is 8. The third kappa shape index (κ3) is 6.28. The van der Waals surface area contributed by atoms with Crippen LogP contribution < -0.4 is 44.2 Å². The van der Waals surface area contributed by atoms with E-state index in [2.05, 4.69) is 131 Å². The van der Waals surface area contributed by atoms with Gasteiger partial charge in [-0.3, -0.25) is 0 Å². The number of benzene rings is 4. The number of rotatable bonds is 4. The van der Waals surface area contributed by atoms with E-state index in [9.17, 15) is 0 Å². The van der Waals surface area contributed by atoms with Gasteiger partial charge in [0.25, 0.3) is 0 Å². The summed E-state index contributed by atoms with van der Waals surface area (Å²) in [7, 11) is 0. The van der Waals surface area contributed by atoms with Crippen LogP contribution in [0.5, 0.6) is 0 Å². The first-order valence-electron chi connectivity index (χ1n) is 19.2. The van der Waals surface area contributed by atoms with Crippen LogP contribution in [0.3, 0.4) is 0 Å². The predicted octanol–water partition coefficient (Wildman–Crippen LogP) is 5.50. The maximum Gasteiger partial charge on any atom is 0.0343 e. The second-order valence-corrected chi connectivity index (χ2v) is 15.9. The summed E-state index contributed by atoms with van der Waals surface area (Å²) in [5.74, 6) is 0.937. The van der Waals surface area contributed by atoms with Gasteiger partial charge in [-0.15, -0.1) is 0 Å². The van der Waals surface area contributed by atoms with Crippen LogP contribution in [0.1, 0.15) is 71.6 Å². The number of nitrogens with two attached hydrogens (primary N) is 4. The Kier molecular flexibility index (Phi) is 8.79. The first-order valence-corrected chi connectivity index (χ1v) is 19.2. The summed E-state index contributed by atoms with van der Waals surface area (Å²) in [4.78, 5) is 0. The maximum atomic E-state index is 6.23. The van der Waals surface area contributed by atoms with Gasteiger partial charge in [-0.1, -0.05) is 72.8 Å². The molecule has 12 N–H and O–H groups in total. The molecule has 268 valence electrons. The van der Waals surface area contributed by atoms with E-state index in [1.165, 1.54) is 22.3 Å². The van der Waals surface area contributed by atoms with Crippen molar-refractivity contribution in [1.82, 2.24) is 21.3 Å². The fourth-order valence-electron chi connectivity index (χ4n) is 10.4. The van der Waals surface area contributed by atoms with Crippen LogP contribution in [0.2, 0.25) is 0 Å². The topological polar surface area (TPSA) is 152 Å². The standard InChI is InChI=1S/C44H52N8/c45-29-9-1-25(2-10-29)41-33-17-19-35(49-33)42(26-3-11-30(46)12-4-26)37-21-23-39(51-37)44(28-7-15-32(48)16-8-28)40-24-22-38(52-40)43(36-20-18-34(41)50-36)27-5-13-31(47)14-6-27/h1-20,33-44,49-52H,21-24,45-48H2. The third-order valence-corrected chi connectivity index (χ3v) is 12.8. The van der Waals surface area contributed by atoms with Crippen molar-refractivity contribution in [3.63, 3.8) is 0 Å². The van der Waals surface area contributed by atoms with Gasteiger partial charge in [0.1, 0.15) is 0 Å². The summed E-state index contributed by atoms with van der Waals surface area (Å²) in [5.41, 5.74) is 33.3. The van der Waals surface area contributed by atoms with Gasteiger partial charge in [-0.2, -0.15) is 0 Å². The van der Waals surface area contributed by atoms with E-state index in [-0.39, 0.29) is 41.9 Å². The summed E-state index contributed by atoms with van der Waals surface area (Å²) in [6, 6.07) is 36.1. The van der Waals surface area contributed by atoms with Crippen LogP contribution in [0.4, 0.5) is 22.7 Å². The van der Waals surface area contributed by atoms with E-state index >= 15 is 0 Å². The number of hydrogen-bond donors (Lipinski definition) is 8. The largest absolute Gasteiger partial charge is 0.399 e. The molecule has 9 rings (SSSR count). The lowest BCUT2D eigenvalue weighted by Gasteiger charge is -2.38. The second kappa shape index (κ2) is 13.7. The molecular formula is C44H52N8. The fourth-order valence-corrected chi connectivity index (χ4v) is 10.4. The van der Waals surface area contributed by atoms with Crippen molar-refractivity contribution in [2.45, 2.75) is 97.7 Å². The van der Waals surface area contributed by atoms with Crippen molar-refractivity contribution in [3.8, 4) is 0 Å². The molecule has 0 radical (unpaired) electrons. The van der Waals surface area contributed by atoms with E-state index in [1.54, 1.807) is 0 Å². The molecule has 0 amide bonds. The molecule has 10 unspecified atom stereocenters. The molecule has 0 saturated carbocycles. The van der Waals surface area contributed by atoms with E-state index in [0.29, 0.717) is 30.1 Å². The molecule has 5 heterocycles. The van der Waals surface area contributed by atoms with E-state index in [0.717, 1.165) is 48.4 Å². The van der Waals surface area contributed by atoms with Crippen molar-refractivity contribution in [2.24, 2.45) is 0 Å². The van der Waals surface area contributed by atoms with Gasteiger partial charge in [0.2, 0.25) is 0 Å². The third-order valence-electron chi connectivity index (χ3n) is 12.8. The van der Waals surface area contributed by atoms with Gasteiger partial charge in [0.05, 0.1) is 0 Å². The zero-order valence-corrected chi connectivity index (χ0v) is 29.6. The highest BCUT2D eigenvalue weighted by Gasteiger charge is 2.47. The number of nitrogen functional groups attached to an aromatic ring is 4. The van der Waals surface area contributed by atoms with Crippen LogP contribution in [0.15, 0.2) is 121 Å². The summed E-state index contributed by atoms with van der Waals surface area (Å²) in [6.07, 6.45) is 14.1. The zero-order valence-electron chi connectivity index (χ0n) is 29.6. The summed E-state index contributed by atoms with van der Waals surface area (Å²) in [6.45, 7) is 0. The highest BCUT2D eigenvalue weighted by atomic mass is 15.1. The van der Waals surface area contributed by atoms with E-state index < -0.39 is 0 Å². The summed E-state index contributed by atoms with van der Waals surface area (Å²) in [5, 5.41) is 16.9. The summed E-state index contributed by atoms with van der Waals surface area (Å²) >= 11 is 0. The Balaban J connectivity index is 1.14. The molecule has 3 saturated heterocycles. The fraction of sp³-hybridized carbons (Fsp3) is 0.364. The molecule has 0 spiro atoms. The summed E-state index contributed by atoms with van der Waals surface area (Å²) < 4.78 is 0. The van der Waals surface area contributed by atoms with Crippen LogP contribution in [-0.4, -0.2) is 48.3 Å². The lowest BCUT2D eigenvalue weighted by atomic mass is 9.83. The van der Waals surface area contributed by atoms with Crippen molar-refractivity contribution in [2.75, 3.05) is 22.9 Å². The van der Waals surface area contributed by atoms with Gasteiger partial charge in [-0.25, -0.2) is 0 Å². The van der Waals surface area contributed by atoms with Crippen LogP contribution >= 0.6 is 0 Å². The van der Waals surface area contributed by atoms with E-state index in [1.807, 2.05) is 12.1 Å². The molecule has 8 bridgehead atoms. The Hall–Kier alpha value is -4.60. The van der Waals surface area contributed by atoms with Crippen molar-refractivity contribution >= 4 is 22.7 Å². The average molecular weight is 693 g/mol. The quantitative estimate of drug-likeness (QED) is 0.103. The molecule has 5 aliphatic heterocycles. The molecule has 5 aliphatic rings. The molecule has 8 nitrogen and oxygen atoms in total. The molecule has 3 fully saturated rings. The molecule has 4 aromatic rings. The van der Waals surface area contributed by atoms with Crippen LogP contribution in [0.25, 0.3) is 0 Å². The Morgan fingerprint density at radius 1 is 0.308 bits per heavy atom. The highest BCUT2D eigenvalue weighted by molar-refractivity contribution is 5.46. The Morgan fingerprint density at radius 3 is 0.885 bits per heavy atom. The molecule has 52 heavy (non-hydrogen) atoms. The smallest absolute Gasteiger partial charge is 0.0343 e. The second-order valence-electron chi connectivity index (χ2n) is 15.9. The molecule has 4 aromatic carbocycles. The van der Waals surface area contributed by atoms with E-state index in [4.69, 9.17) is 22.9 Å². The predicted molar refractivity (Wildman–Crippen MR) is 214 cm³/mol. The molecule has 8 heteroatoms. The van der Waals surface area contributed by atoms with Crippen molar-refractivity contribution < 1.29 is 0 Å². The monoisotopic (exact) mass is 692 g/mol. The Morgan fingerprint density at radius 2 is 0.558 bits per heavy atom. The van der Waals surface area contributed by atoms with Crippen LogP contribution in [0, 0.1) is 0 Å². The Bertz CT molecular complexity index is 1810. The van der Waals surface area contributed by atoms with Gasteiger partial charge in [0, 0.05) is 94.8 Å². The lowest BCUT2D eigenvalue weighted by molar-refractivity contribution is 0.316. The molecule has 0 aromatic heterocycles. The van der Waals surface area contributed by atoms with Crippen LogP contribution in [-0.2, 0) is 0 Å². The van der Waals surface area contributed by atoms with Crippen molar-refractivity contribution in [3.05, 3.63) is 144 Å². The molecule has 0 aliphatic carbocycles. The first-order chi connectivity index (χ1) is 25.4. The number of fused-ring (bicyclic) bond motifs is 8. The van der Waals surface area contributed by atoms with Gasteiger partial charge in [-0.05, 0) is 96.5 Å². The zero-order chi connectivity index (χ0) is 35.3.